The number of aryl methyl sites for hydroxylation is 1. The summed E-state index contributed by atoms with van der Waals surface area (Å²) in [6, 6.07) is 1.21. The number of carbonyl (C=O) groups excluding carboxylic acids is 3. The maximum Gasteiger partial charge on any atom is 0.514 e. The first kappa shape index (κ1) is 17.2. The molecule has 1 rings (SSSR count). The topological polar surface area (TPSA) is 110 Å². The van der Waals surface area contributed by atoms with Crippen LogP contribution in [0.1, 0.15) is 12.0 Å². The van der Waals surface area contributed by atoms with Crippen molar-refractivity contribution < 1.29 is 38.1 Å². The van der Waals surface area contributed by atoms with Crippen LogP contribution in [0.15, 0.2) is 12.3 Å². The van der Waals surface area contributed by atoms with Crippen molar-refractivity contribution in [1.29, 1.82) is 0 Å². The highest BCUT2D eigenvalue weighted by Crippen LogP contribution is 2.24. The molecule has 0 aliphatic rings. The number of esters is 1. The summed E-state index contributed by atoms with van der Waals surface area (Å²) in [6.45, 7) is 0. The van der Waals surface area contributed by atoms with Crippen LogP contribution in [0, 0.1) is 0 Å². The molecule has 120 valence electrons. The van der Waals surface area contributed by atoms with Crippen molar-refractivity contribution in [2.24, 2.45) is 0 Å². The Morgan fingerprint density at radius 3 is 2.23 bits per heavy atom. The van der Waals surface area contributed by atoms with Crippen LogP contribution >= 0.6 is 0 Å². The third-order valence-corrected chi connectivity index (χ3v) is 2.46. The molecular formula is C13H15NO8. The Balaban J connectivity index is 2.95. The smallest absolute Gasteiger partial charge is 0.469 e. The average Bonchev–Trinajstić information content (AvgIpc) is 2.53. The Kier molecular flexibility index (Phi) is 6.61. The summed E-state index contributed by atoms with van der Waals surface area (Å²) >= 11 is 0. The van der Waals surface area contributed by atoms with Gasteiger partial charge in [-0.2, -0.15) is 0 Å². The zero-order chi connectivity index (χ0) is 16.5. The van der Waals surface area contributed by atoms with Gasteiger partial charge >= 0.3 is 18.3 Å². The number of hydrogen-bond donors (Lipinski definition) is 0. The number of aromatic nitrogens is 1. The minimum atomic E-state index is -0.973. The zero-order valence-corrected chi connectivity index (χ0v) is 12.3. The fraction of sp³-hybridized carbons (Fsp3) is 0.385. The van der Waals surface area contributed by atoms with Gasteiger partial charge in [0.2, 0.25) is 5.88 Å². The van der Waals surface area contributed by atoms with Gasteiger partial charge in [0.05, 0.1) is 21.3 Å². The van der Waals surface area contributed by atoms with Gasteiger partial charge in [-0.1, -0.05) is 0 Å². The summed E-state index contributed by atoms with van der Waals surface area (Å²) in [5.41, 5.74) is 0.438. The van der Waals surface area contributed by atoms with Gasteiger partial charge < -0.3 is 23.7 Å². The Hall–Kier alpha value is -2.84. The molecule has 9 heteroatoms. The van der Waals surface area contributed by atoms with Crippen molar-refractivity contribution in [1.82, 2.24) is 4.98 Å². The average molecular weight is 313 g/mol. The first-order chi connectivity index (χ1) is 10.5. The molecule has 9 nitrogen and oxygen atoms in total. The first-order valence-corrected chi connectivity index (χ1v) is 6.07. The van der Waals surface area contributed by atoms with Crippen LogP contribution in [0.2, 0.25) is 0 Å². The molecule has 1 heterocycles. The van der Waals surface area contributed by atoms with Crippen LogP contribution in [0.4, 0.5) is 9.59 Å². The van der Waals surface area contributed by atoms with Crippen LogP contribution in [0.3, 0.4) is 0 Å². The number of carbonyl (C=O) groups is 3. The summed E-state index contributed by atoms with van der Waals surface area (Å²) in [5, 5.41) is 0. The molecule has 0 saturated carbocycles. The molecule has 0 aliphatic carbocycles. The second-order valence-electron chi connectivity index (χ2n) is 3.82. The normalized spacial score (nSPS) is 9.59. The minimum absolute atomic E-state index is 0.0460. The fourth-order valence-corrected chi connectivity index (χ4v) is 1.38. The second kappa shape index (κ2) is 8.45. The molecule has 0 atom stereocenters. The Morgan fingerprint density at radius 1 is 1.00 bits per heavy atom. The van der Waals surface area contributed by atoms with Crippen LogP contribution in [-0.4, -0.2) is 44.6 Å². The fourth-order valence-electron chi connectivity index (χ4n) is 1.38. The third kappa shape index (κ3) is 5.27. The van der Waals surface area contributed by atoms with Gasteiger partial charge in [-0.25, -0.2) is 14.6 Å². The van der Waals surface area contributed by atoms with Gasteiger partial charge in [0, 0.05) is 24.2 Å². The summed E-state index contributed by atoms with van der Waals surface area (Å²) < 4.78 is 22.9. The zero-order valence-electron chi connectivity index (χ0n) is 12.3. The van der Waals surface area contributed by atoms with E-state index in [4.69, 9.17) is 9.47 Å². The Labute approximate surface area is 126 Å². The van der Waals surface area contributed by atoms with Crippen LogP contribution in [0.5, 0.6) is 11.6 Å². The first-order valence-electron chi connectivity index (χ1n) is 6.07. The number of rotatable bonds is 5. The van der Waals surface area contributed by atoms with Gasteiger partial charge in [-0.15, -0.1) is 0 Å². The summed E-state index contributed by atoms with van der Waals surface area (Å²) in [7, 11) is 3.54. The number of methoxy groups -OCH3 is 3. The van der Waals surface area contributed by atoms with Crippen LogP contribution < -0.4 is 9.47 Å². The van der Waals surface area contributed by atoms with Crippen molar-refractivity contribution in [2.45, 2.75) is 12.8 Å². The van der Waals surface area contributed by atoms with E-state index in [9.17, 15) is 14.4 Å². The monoisotopic (exact) mass is 313 g/mol. The highest BCUT2D eigenvalue weighted by Gasteiger charge is 2.15. The second-order valence-corrected chi connectivity index (χ2v) is 3.82. The molecule has 0 aromatic carbocycles. The predicted octanol–water partition coefficient (Wildman–Crippen LogP) is 1.48. The maximum atomic E-state index is 11.2. The van der Waals surface area contributed by atoms with Gasteiger partial charge in [0.25, 0.3) is 0 Å². The number of hydrogen-bond acceptors (Lipinski definition) is 9. The van der Waals surface area contributed by atoms with Gasteiger partial charge in [0.1, 0.15) is 5.75 Å². The van der Waals surface area contributed by atoms with E-state index in [0.717, 1.165) is 14.2 Å². The molecule has 0 saturated heterocycles. The van der Waals surface area contributed by atoms with Crippen molar-refractivity contribution >= 4 is 18.3 Å². The number of ether oxygens (including phenoxy) is 5. The molecule has 0 unspecified atom stereocenters. The number of pyridine rings is 1. The highest BCUT2D eigenvalue weighted by atomic mass is 16.7. The van der Waals surface area contributed by atoms with E-state index in [1.807, 2.05) is 0 Å². The molecule has 0 aliphatic heterocycles. The van der Waals surface area contributed by atoms with Crippen molar-refractivity contribution in [3.63, 3.8) is 0 Å². The largest absolute Gasteiger partial charge is 0.514 e. The molecule has 0 amide bonds. The van der Waals surface area contributed by atoms with Gasteiger partial charge in [0.15, 0.2) is 0 Å². The molecule has 0 N–H and O–H groups in total. The molecular weight excluding hydrogens is 298 g/mol. The van der Waals surface area contributed by atoms with E-state index in [1.165, 1.54) is 19.4 Å². The highest BCUT2D eigenvalue weighted by molar-refractivity contribution is 5.70. The lowest BCUT2D eigenvalue weighted by molar-refractivity contribution is -0.140. The van der Waals surface area contributed by atoms with E-state index in [1.54, 1.807) is 0 Å². The Morgan fingerprint density at radius 2 is 1.64 bits per heavy atom. The summed E-state index contributed by atoms with van der Waals surface area (Å²) in [4.78, 5) is 37.3. The molecule has 0 radical (unpaired) electrons. The van der Waals surface area contributed by atoms with Gasteiger partial charge in [-0.3, -0.25) is 4.79 Å². The lowest BCUT2D eigenvalue weighted by Gasteiger charge is -2.10. The molecule has 0 fully saturated rings. The van der Waals surface area contributed by atoms with Crippen molar-refractivity contribution in [3.05, 3.63) is 17.8 Å². The summed E-state index contributed by atoms with van der Waals surface area (Å²) in [5.74, 6) is -0.517. The summed E-state index contributed by atoms with van der Waals surface area (Å²) in [6.07, 6.45) is -0.356. The standard InChI is InChI=1S/C13H15NO8/c1-18-11(15)5-4-8-7-14-10(22-13(17)20-3)6-9(8)21-12(16)19-2/h6-7H,4-5H2,1-3H3. The predicted molar refractivity (Wildman–Crippen MR) is 70.6 cm³/mol. The maximum absolute atomic E-state index is 11.2. The third-order valence-electron chi connectivity index (χ3n) is 2.46. The van der Waals surface area contributed by atoms with Crippen LogP contribution in [-0.2, 0) is 25.4 Å². The van der Waals surface area contributed by atoms with Gasteiger partial charge in [-0.05, 0) is 6.42 Å². The van der Waals surface area contributed by atoms with E-state index in [2.05, 4.69) is 19.2 Å². The van der Waals surface area contributed by atoms with E-state index < -0.39 is 18.3 Å². The number of nitrogens with zero attached hydrogens (tertiary/aromatic N) is 1. The Bertz CT molecular complexity index is 557. The van der Waals surface area contributed by atoms with Crippen molar-refractivity contribution in [2.75, 3.05) is 21.3 Å². The molecule has 0 spiro atoms. The molecule has 22 heavy (non-hydrogen) atoms. The SMILES string of the molecule is COC(=O)CCc1cnc(OC(=O)OC)cc1OC(=O)OC. The molecule has 1 aromatic heterocycles. The van der Waals surface area contributed by atoms with Crippen molar-refractivity contribution in [3.8, 4) is 11.6 Å². The quantitative estimate of drug-likeness (QED) is 0.589. The van der Waals surface area contributed by atoms with E-state index >= 15 is 0 Å². The lowest BCUT2D eigenvalue weighted by atomic mass is 10.1. The van der Waals surface area contributed by atoms with E-state index in [-0.39, 0.29) is 24.5 Å². The molecule has 0 bridgehead atoms. The van der Waals surface area contributed by atoms with E-state index in [0.29, 0.717) is 5.56 Å². The lowest BCUT2D eigenvalue weighted by Crippen LogP contribution is -2.12. The van der Waals surface area contributed by atoms with Crippen LogP contribution in [0.25, 0.3) is 0 Å². The minimum Gasteiger partial charge on any atom is -0.469 e. The molecule has 1 aromatic rings.